The molecule has 0 bridgehead atoms. The lowest BCUT2D eigenvalue weighted by atomic mass is 10.1. The quantitative estimate of drug-likeness (QED) is 0.413. The molecule has 0 fully saturated rings. The first-order valence-electron chi connectivity index (χ1n) is 7.30. The molecule has 22 heavy (non-hydrogen) atoms. The van der Waals surface area contributed by atoms with E-state index in [0.717, 1.165) is 25.7 Å². The Morgan fingerprint density at radius 3 is 2.64 bits per heavy atom. The van der Waals surface area contributed by atoms with E-state index in [-0.39, 0.29) is 11.3 Å². The molecule has 0 saturated heterocycles. The number of rotatable bonds is 9. The van der Waals surface area contributed by atoms with Crippen LogP contribution in [0, 0.1) is 10.1 Å². The fourth-order valence-corrected chi connectivity index (χ4v) is 2.06. The van der Waals surface area contributed by atoms with Crippen molar-refractivity contribution in [1.82, 2.24) is 5.32 Å². The maximum atomic E-state index is 12.1. The highest BCUT2D eigenvalue weighted by Gasteiger charge is 2.19. The summed E-state index contributed by atoms with van der Waals surface area (Å²) in [4.78, 5) is 33.6. The van der Waals surface area contributed by atoms with Crippen molar-refractivity contribution in [2.45, 2.75) is 45.1 Å². The highest BCUT2D eigenvalue weighted by molar-refractivity contribution is 5.97. The number of benzene rings is 1. The average molecular weight is 307 g/mol. The molecule has 0 aliphatic carbocycles. The molecular formula is C15H21N3O4. The molecule has 120 valence electrons. The number of primary amides is 1. The van der Waals surface area contributed by atoms with Gasteiger partial charge in [-0.05, 0) is 12.5 Å². The van der Waals surface area contributed by atoms with E-state index in [1.807, 2.05) is 0 Å². The van der Waals surface area contributed by atoms with Gasteiger partial charge in [0.1, 0.15) is 6.04 Å². The van der Waals surface area contributed by atoms with Crippen LogP contribution in [0.2, 0.25) is 0 Å². The molecular weight excluding hydrogens is 286 g/mol. The number of nitro groups is 1. The molecule has 0 aliphatic rings. The zero-order valence-corrected chi connectivity index (χ0v) is 12.6. The molecule has 0 unspecified atom stereocenters. The van der Waals surface area contributed by atoms with Gasteiger partial charge < -0.3 is 11.1 Å². The molecule has 1 aromatic carbocycles. The number of hydrogen-bond donors (Lipinski definition) is 2. The maximum absolute atomic E-state index is 12.1. The number of hydrogen-bond acceptors (Lipinski definition) is 4. The summed E-state index contributed by atoms with van der Waals surface area (Å²) in [5, 5.41) is 13.2. The summed E-state index contributed by atoms with van der Waals surface area (Å²) < 4.78 is 0. The van der Waals surface area contributed by atoms with E-state index < -0.39 is 22.8 Å². The molecule has 3 N–H and O–H groups in total. The summed E-state index contributed by atoms with van der Waals surface area (Å²) in [7, 11) is 0. The fraction of sp³-hybridized carbons (Fsp3) is 0.467. The van der Waals surface area contributed by atoms with Gasteiger partial charge in [-0.2, -0.15) is 0 Å². The molecule has 0 saturated carbocycles. The topological polar surface area (TPSA) is 115 Å². The lowest BCUT2D eigenvalue weighted by molar-refractivity contribution is -0.384. The molecule has 0 spiro atoms. The van der Waals surface area contributed by atoms with E-state index in [2.05, 4.69) is 12.2 Å². The Bertz CT molecular complexity index is 545. The molecule has 0 aliphatic heterocycles. The van der Waals surface area contributed by atoms with E-state index in [9.17, 15) is 19.7 Å². The number of amides is 2. The third-order valence-electron chi connectivity index (χ3n) is 3.31. The van der Waals surface area contributed by atoms with Crippen LogP contribution in [0.3, 0.4) is 0 Å². The predicted octanol–water partition coefficient (Wildman–Crippen LogP) is 2.15. The van der Waals surface area contributed by atoms with Crippen LogP contribution < -0.4 is 11.1 Å². The smallest absolute Gasteiger partial charge is 0.270 e. The molecule has 0 radical (unpaired) electrons. The van der Waals surface area contributed by atoms with E-state index in [4.69, 9.17) is 5.73 Å². The molecule has 1 atom stereocenters. The summed E-state index contributed by atoms with van der Waals surface area (Å²) in [6.45, 7) is 2.08. The van der Waals surface area contributed by atoms with Gasteiger partial charge in [0.25, 0.3) is 11.6 Å². The Labute approximate surface area is 129 Å². The van der Waals surface area contributed by atoms with Gasteiger partial charge >= 0.3 is 0 Å². The summed E-state index contributed by atoms with van der Waals surface area (Å²) in [5.41, 5.74) is 5.25. The number of carbonyl (C=O) groups is 2. The molecule has 1 aromatic rings. The molecule has 1 rings (SSSR count). The van der Waals surface area contributed by atoms with E-state index in [1.54, 1.807) is 0 Å². The standard InChI is InChI=1S/C15H21N3O4/c1-2-3-4-5-9-13(14(16)19)17-15(20)11-7-6-8-12(10-11)18(21)22/h6-8,10,13H,2-5,9H2,1H3,(H2,16,19)(H,17,20)/t13-/m1/s1. The second kappa shape index (κ2) is 8.76. The highest BCUT2D eigenvalue weighted by atomic mass is 16.6. The Hall–Kier alpha value is -2.44. The SMILES string of the molecule is CCCCCC[C@@H](NC(=O)c1cccc([N+](=O)[O-])c1)C(N)=O. The van der Waals surface area contributed by atoms with Gasteiger partial charge in [-0.15, -0.1) is 0 Å². The van der Waals surface area contributed by atoms with Crippen molar-refractivity contribution in [3.8, 4) is 0 Å². The second-order valence-electron chi connectivity index (χ2n) is 5.09. The van der Waals surface area contributed by atoms with Gasteiger partial charge in [-0.3, -0.25) is 19.7 Å². The van der Waals surface area contributed by atoms with Crippen molar-refractivity contribution in [3.05, 3.63) is 39.9 Å². The zero-order valence-electron chi connectivity index (χ0n) is 12.6. The number of nitro benzene ring substituents is 1. The van der Waals surface area contributed by atoms with Crippen LogP contribution in [0.4, 0.5) is 5.69 Å². The lowest BCUT2D eigenvalue weighted by Crippen LogP contribution is -2.44. The van der Waals surface area contributed by atoms with Crippen LogP contribution in [-0.4, -0.2) is 22.8 Å². The molecule has 0 heterocycles. The molecule has 0 aromatic heterocycles. The number of nitrogens with two attached hydrogens (primary N) is 1. The van der Waals surface area contributed by atoms with Gasteiger partial charge in [0.2, 0.25) is 5.91 Å². The summed E-state index contributed by atoms with van der Waals surface area (Å²) in [5.74, 6) is -1.14. The van der Waals surface area contributed by atoms with Crippen molar-refractivity contribution >= 4 is 17.5 Å². The van der Waals surface area contributed by atoms with E-state index >= 15 is 0 Å². The third kappa shape index (κ3) is 5.51. The van der Waals surface area contributed by atoms with Gasteiger partial charge in [-0.25, -0.2) is 0 Å². The highest BCUT2D eigenvalue weighted by Crippen LogP contribution is 2.13. The van der Waals surface area contributed by atoms with Gasteiger partial charge in [0.15, 0.2) is 0 Å². The monoisotopic (exact) mass is 307 g/mol. The first kappa shape index (κ1) is 17.6. The number of nitrogens with zero attached hydrogens (tertiary/aromatic N) is 1. The minimum Gasteiger partial charge on any atom is -0.368 e. The number of nitrogens with one attached hydrogen (secondary N) is 1. The third-order valence-corrected chi connectivity index (χ3v) is 3.31. The van der Waals surface area contributed by atoms with Crippen molar-refractivity contribution in [2.75, 3.05) is 0 Å². The van der Waals surface area contributed by atoms with Crippen LogP contribution in [0.5, 0.6) is 0 Å². The average Bonchev–Trinajstić information content (AvgIpc) is 2.50. The van der Waals surface area contributed by atoms with Crippen LogP contribution in [-0.2, 0) is 4.79 Å². The minimum absolute atomic E-state index is 0.133. The lowest BCUT2D eigenvalue weighted by Gasteiger charge is -2.15. The minimum atomic E-state index is -0.761. The van der Waals surface area contributed by atoms with Crippen LogP contribution >= 0.6 is 0 Å². The van der Waals surface area contributed by atoms with Crippen LogP contribution in [0.15, 0.2) is 24.3 Å². The van der Waals surface area contributed by atoms with E-state index in [1.165, 1.54) is 24.3 Å². The predicted molar refractivity (Wildman–Crippen MR) is 82.3 cm³/mol. The van der Waals surface area contributed by atoms with Crippen molar-refractivity contribution in [2.24, 2.45) is 5.73 Å². The number of carbonyl (C=O) groups excluding carboxylic acids is 2. The summed E-state index contributed by atoms with van der Waals surface area (Å²) in [6, 6.07) is 4.59. The summed E-state index contributed by atoms with van der Waals surface area (Å²) in [6.07, 6.45) is 4.35. The maximum Gasteiger partial charge on any atom is 0.270 e. The van der Waals surface area contributed by atoms with Crippen molar-refractivity contribution in [3.63, 3.8) is 0 Å². The number of unbranched alkanes of at least 4 members (excludes halogenated alkanes) is 3. The van der Waals surface area contributed by atoms with Gasteiger partial charge in [0.05, 0.1) is 4.92 Å². The number of non-ortho nitro benzene ring substituents is 1. The summed E-state index contributed by atoms with van der Waals surface area (Å²) >= 11 is 0. The first-order valence-corrected chi connectivity index (χ1v) is 7.30. The normalized spacial score (nSPS) is 11.7. The Morgan fingerprint density at radius 2 is 2.05 bits per heavy atom. The Balaban J connectivity index is 2.68. The second-order valence-corrected chi connectivity index (χ2v) is 5.09. The Kier molecular flexibility index (Phi) is 7.01. The van der Waals surface area contributed by atoms with Gasteiger partial charge in [-0.1, -0.05) is 38.7 Å². The van der Waals surface area contributed by atoms with Gasteiger partial charge in [0, 0.05) is 17.7 Å². The fourth-order valence-electron chi connectivity index (χ4n) is 2.06. The zero-order chi connectivity index (χ0) is 16.5. The van der Waals surface area contributed by atoms with Crippen LogP contribution in [0.25, 0.3) is 0 Å². The van der Waals surface area contributed by atoms with Crippen molar-refractivity contribution in [1.29, 1.82) is 0 Å². The first-order chi connectivity index (χ1) is 10.5. The largest absolute Gasteiger partial charge is 0.368 e. The molecule has 2 amide bonds. The Morgan fingerprint density at radius 1 is 1.32 bits per heavy atom. The van der Waals surface area contributed by atoms with E-state index in [0.29, 0.717) is 6.42 Å². The van der Waals surface area contributed by atoms with Crippen molar-refractivity contribution < 1.29 is 14.5 Å². The van der Waals surface area contributed by atoms with Crippen LogP contribution in [0.1, 0.15) is 49.4 Å². The molecule has 7 heteroatoms. The molecule has 7 nitrogen and oxygen atoms in total.